The lowest BCUT2D eigenvalue weighted by Crippen LogP contribution is -2.14. The summed E-state index contributed by atoms with van der Waals surface area (Å²) in [4.78, 5) is 3.97. The molecule has 0 radical (unpaired) electrons. The van der Waals surface area contributed by atoms with Gasteiger partial charge in [-0.05, 0) is 29.8 Å². The molecule has 5 heteroatoms. The number of rotatable bonds is 5. The van der Waals surface area contributed by atoms with Gasteiger partial charge in [0.25, 0.3) is 0 Å². The molecular weight excluding hydrogens is 295 g/mol. The van der Waals surface area contributed by atoms with E-state index in [-0.39, 0.29) is 0 Å². The van der Waals surface area contributed by atoms with E-state index in [9.17, 15) is 0 Å². The van der Waals surface area contributed by atoms with Gasteiger partial charge in [-0.15, -0.1) is 0 Å². The average molecular weight is 309 g/mol. The van der Waals surface area contributed by atoms with Gasteiger partial charge in [0.05, 0.1) is 16.1 Å². The van der Waals surface area contributed by atoms with Gasteiger partial charge in [-0.1, -0.05) is 35.9 Å². The summed E-state index contributed by atoms with van der Waals surface area (Å²) in [5, 5.41) is 0.842. The predicted octanol–water partition coefficient (Wildman–Crippen LogP) is 4.00. The Kier molecular flexibility index (Phi) is 5.01. The normalized spacial score (nSPS) is 11.9. The topological polar surface area (TPSA) is 48.1 Å². The molecule has 1 atom stereocenters. The number of nitrogens with zero attached hydrogens (tertiary/aromatic N) is 1. The highest BCUT2D eigenvalue weighted by molar-refractivity contribution is 6.42. The molecule has 0 aliphatic carbocycles. The van der Waals surface area contributed by atoms with Gasteiger partial charge in [0.1, 0.15) is 12.4 Å². The van der Waals surface area contributed by atoms with E-state index < -0.39 is 6.04 Å². The first kappa shape index (κ1) is 14.9. The molecule has 3 nitrogen and oxygen atoms in total. The van der Waals surface area contributed by atoms with Crippen molar-refractivity contribution < 1.29 is 4.74 Å². The second kappa shape index (κ2) is 6.75. The smallest absolute Gasteiger partial charge is 0.126 e. The Morgan fingerprint density at radius 3 is 2.60 bits per heavy atom. The van der Waals surface area contributed by atoms with Crippen molar-refractivity contribution >= 4 is 23.2 Å². The maximum atomic E-state index is 6.29. The molecule has 0 spiro atoms. The van der Waals surface area contributed by atoms with Gasteiger partial charge in [0.2, 0.25) is 0 Å². The fourth-order valence-electron chi connectivity index (χ4n) is 1.85. The molecule has 0 saturated heterocycles. The van der Waals surface area contributed by atoms with Crippen molar-refractivity contribution in [3.63, 3.8) is 0 Å². The van der Waals surface area contributed by atoms with E-state index in [0.717, 1.165) is 5.56 Å². The van der Waals surface area contributed by atoms with Gasteiger partial charge in [-0.25, -0.2) is 0 Å². The maximum absolute atomic E-state index is 6.29. The molecule has 1 unspecified atom stereocenters. The summed E-state index contributed by atoms with van der Waals surface area (Å²) in [5.41, 5.74) is 7.82. The fraction of sp³-hybridized carbons (Fsp3) is 0.133. The first-order valence-electron chi connectivity index (χ1n) is 6.02. The molecule has 1 aromatic heterocycles. The summed E-state index contributed by atoms with van der Waals surface area (Å²) >= 11 is 12.4. The number of ether oxygens (including phenoxy) is 1. The number of hydrogen-bond acceptors (Lipinski definition) is 3. The van der Waals surface area contributed by atoms with Crippen LogP contribution < -0.4 is 10.5 Å². The van der Waals surface area contributed by atoms with Crippen LogP contribution in [0.1, 0.15) is 17.2 Å². The van der Waals surface area contributed by atoms with Crippen LogP contribution in [0.2, 0.25) is 10.0 Å². The molecule has 2 aromatic rings. The van der Waals surface area contributed by atoms with E-state index in [0.29, 0.717) is 28.0 Å². The molecule has 0 aliphatic heterocycles. The van der Waals surface area contributed by atoms with Crippen molar-refractivity contribution in [3.8, 4) is 5.75 Å². The minimum atomic E-state index is -0.441. The van der Waals surface area contributed by atoms with E-state index in [1.54, 1.807) is 30.6 Å². The summed E-state index contributed by atoms with van der Waals surface area (Å²) < 4.78 is 5.61. The van der Waals surface area contributed by atoms with E-state index in [4.69, 9.17) is 33.7 Å². The van der Waals surface area contributed by atoms with Crippen LogP contribution in [-0.2, 0) is 0 Å². The van der Waals surface area contributed by atoms with Gasteiger partial charge in [-0.2, -0.15) is 0 Å². The molecule has 0 saturated carbocycles. The first-order chi connectivity index (χ1) is 9.65. The summed E-state index contributed by atoms with van der Waals surface area (Å²) in [7, 11) is 0. The van der Waals surface area contributed by atoms with Gasteiger partial charge >= 0.3 is 0 Å². The molecule has 104 valence electrons. The fourth-order valence-corrected chi connectivity index (χ4v) is 2.29. The van der Waals surface area contributed by atoms with Crippen LogP contribution in [0.15, 0.2) is 49.3 Å². The Morgan fingerprint density at radius 1 is 1.25 bits per heavy atom. The zero-order chi connectivity index (χ0) is 14.5. The second-order valence-electron chi connectivity index (χ2n) is 4.13. The van der Waals surface area contributed by atoms with Crippen LogP contribution in [-0.4, -0.2) is 11.6 Å². The predicted molar refractivity (Wildman–Crippen MR) is 82.4 cm³/mol. The lowest BCUT2D eigenvalue weighted by Gasteiger charge is -2.19. The molecule has 2 rings (SSSR count). The molecule has 1 aromatic carbocycles. The lowest BCUT2D eigenvalue weighted by atomic mass is 9.99. The van der Waals surface area contributed by atoms with Crippen LogP contribution >= 0.6 is 23.2 Å². The number of aromatic nitrogens is 1. The molecule has 0 aliphatic rings. The van der Waals surface area contributed by atoms with Crippen molar-refractivity contribution in [1.29, 1.82) is 0 Å². The third kappa shape index (κ3) is 3.12. The van der Waals surface area contributed by atoms with Crippen molar-refractivity contribution in [2.75, 3.05) is 6.61 Å². The van der Waals surface area contributed by atoms with E-state index >= 15 is 0 Å². The monoisotopic (exact) mass is 308 g/mol. The van der Waals surface area contributed by atoms with E-state index in [1.807, 2.05) is 12.1 Å². The van der Waals surface area contributed by atoms with Crippen molar-refractivity contribution in [1.82, 2.24) is 4.98 Å². The summed E-state index contributed by atoms with van der Waals surface area (Å²) in [5.74, 6) is 0.601. The lowest BCUT2D eigenvalue weighted by molar-refractivity contribution is 0.358. The quantitative estimate of drug-likeness (QED) is 0.849. The van der Waals surface area contributed by atoms with Crippen LogP contribution in [0.4, 0.5) is 0 Å². The van der Waals surface area contributed by atoms with E-state index in [2.05, 4.69) is 11.6 Å². The highest BCUT2D eigenvalue weighted by Gasteiger charge is 2.20. The molecule has 2 N–H and O–H groups in total. The Bertz CT molecular complexity index is 602. The van der Waals surface area contributed by atoms with Crippen LogP contribution in [0, 0.1) is 0 Å². The minimum absolute atomic E-state index is 0.369. The Balaban J connectivity index is 2.47. The summed E-state index contributed by atoms with van der Waals surface area (Å²) in [6, 6.07) is 6.67. The van der Waals surface area contributed by atoms with Gasteiger partial charge in [0.15, 0.2) is 0 Å². The van der Waals surface area contributed by atoms with Crippen molar-refractivity contribution in [2.45, 2.75) is 6.04 Å². The minimum Gasteiger partial charge on any atom is -0.489 e. The second-order valence-corrected chi connectivity index (χ2v) is 4.92. The molecule has 20 heavy (non-hydrogen) atoms. The first-order valence-corrected chi connectivity index (χ1v) is 6.77. The molecule has 0 fully saturated rings. The SMILES string of the molecule is C=CCOc1ccc(Cl)c(Cl)c1C(N)c1ccncc1. The van der Waals surface area contributed by atoms with Gasteiger partial charge in [0, 0.05) is 18.0 Å². The number of pyridine rings is 1. The number of nitrogens with two attached hydrogens (primary N) is 1. The average Bonchev–Trinajstić information content (AvgIpc) is 2.48. The van der Waals surface area contributed by atoms with E-state index in [1.165, 1.54) is 0 Å². The number of halogens is 2. The Labute approximate surface area is 128 Å². The molecular formula is C15H14Cl2N2O. The van der Waals surface area contributed by atoms with Gasteiger partial charge < -0.3 is 10.5 Å². The number of benzene rings is 1. The largest absolute Gasteiger partial charge is 0.489 e. The summed E-state index contributed by atoms with van der Waals surface area (Å²) in [6.07, 6.45) is 5.01. The van der Waals surface area contributed by atoms with Crippen LogP contribution in [0.3, 0.4) is 0 Å². The third-order valence-electron chi connectivity index (χ3n) is 2.83. The Morgan fingerprint density at radius 2 is 1.95 bits per heavy atom. The molecule has 0 amide bonds. The zero-order valence-corrected chi connectivity index (χ0v) is 12.2. The summed E-state index contributed by atoms with van der Waals surface area (Å²) in [6.45, 7) is 3.99. The van der Waals surface area contributed by atoms with Crippen LogP contribution in [0.25, 0.3) is 0 Å². The standard InChI is InChI=1S/C15H14Cl2N2O/c1-2-9-20-12-4-3-11(16)14(17)13(12)15(18)10-5-7-19-8-6-10/h2-8,15H,1,9,18H2. The molecule has 1 heterocycles. The molecule has 0 bridgehead atoms. The third-order valence-corrected chi connectivity index (χ3v) is 3.64. The highest BCUT2D eigenvalue weighted by Crippen LogP contribution is 2.38. The Hall–Kier alpha value is -1.55. The van der Waals surface area contributed by atoms with Gasteiger partial charge in [-0.3, -0.25) is 4.98 Å². The highest BCUT2D eigenvalue weighted by atomic mass is 35.5. The van der Waals surface area contributed by atoms with Crippen molar-refractivity contribution in [3.05, 3.63) is 70.5 Å². The number of hydrogen-bond donors (Lipinski definition) is 1. The maximum Gasteiger partial charge on any atom is 0.126 e. The van der Waals surface area contributed by atoms with Crippen LogP contribution in [0.5, 0.6) is 5.75 Å². The zero-order valence-electron chi connectivity index (χ0n) is 10.7. The van der Waals surface area contributed by atoms with Crippen molar-refractivity contribution in [2.24, 2.45) is 5.73 Å².